The van der Waals surface area contributed by atoms with Crippen molar-refractivity contribution in [2.75, 3.05) is 30.0 Å². The number of nitrogens with one attached hydrogen (secondary N) is 1. The van der Waals surface area contributed by atoms with E-state index in [9.17, 15) is 19.3 Å². The molecule has 5 rings (SSSR count). The Bertz CT molecular complexity index is 1420. The summed E-state index contributed by atoms with van der Waals surface area (Å²) in [6.07, 6.45) is 3.52. The topological polar surface area (TPSA) is 115 Å². The molecule has 186 valence electrons. The zero-order valence-corrected chi connectivity index (χ0v) is 20.2. The summed E-state index contributed by atoms with van der Waals surface area (Å²) in [6.45, 7) is 3.91. The highest BCUT2D eigenvalue weighted by molar-refractivity contribution is 7.17. The molecule has 0 aliphatic carbocycles. The molecule has 4 aromatic rings. The van der Waals surface area contributed by atoms with Crippen LogP contribution >= 0.6 is 11.3 Å². The molecule has 0 saturated carbocycles. The van der Waals surface area contributed by atoms with Crippen LogP contribution in [0, 0.1) is 15.9 Å². The molecule has 4 heterocycles. The minimum atomic E-state index is -0.531. The number of aromatic nitrogens is 3. The van der Waals surface area contributed by atoms with Crippen molar-refractivity contribution >= 4 is 44.8 Å². The average Bonchev–Trinajstić information content (AvgIpc) is 3.62. The molecule has 1 fully saturated rings. The quantitative estimate of drug-likeness (QED) is 0.268. The molecule has 1 aliphatic rings. The number of hydrogen-bond donors (Lipinski definition) is 1. The standard InChI is InChI=1S/C24H23FN6O4S/c1-2-35-14-17-4-3-11-29(17)21-12-19-18(13-26-30(19)16-7-5-15(25)6-8-16)23(27-21)28-24(32)20-9-10-22(36-20)31(33)34/h5-10,12-13,17H,2-4,11,14H2,1H3,(H,27,28,32). The lowest BCUT2D eigenvalue weighted by molar-refractivity contribution is -0.380. The van der Waals surface area contributed by atoms with Crippen molar-refractivity contribution < 1.29 is 18.8 Å². The third kappa shape index (κ3) is 4.64. The normalized spacial score (nSPS) is 15.5. The van der Waals surface area contributed by atoms with Crippen LogP contribution in [0.2, 0.25) is 0 Å². The number of anilines is 2. The van der Waals surface area contributed by atoms with E-state index in [1.165, 1.54) is 24.3 Å². The van der Waals surface area contributed by atoms with Crippen LogP contribution in [0.25, 0.3) is 16.6 Å². The number of carbonyl (C=O) groups excluding carboxylic acids is 1. The molecule has 3 aromatic heterocycles. The number of benzene rings is 1. The monoisotopic (exact) mass is 510 g/mol. The second-order valence-corrected chi connectivity index (χ2v) is 9.35. The van der Waals surface area contributed by atoms with Crippen molar-refractivity contribution in [3.8, 4) is 5.69 Å². The van der Waals surface area contributed by atoms with E-state index in [-0.39, 0.29) is 21.7 Å². The van der Waals surface area contributed by atoms with E-state index >= 15 is 0 Å². The summed E-state index contributed by atoms with van der Waals surface area (Å²) in [5.74, 6) is 0.0901. The maximum atomic E-state index is 13.5. The van der Waals surface area contributed by atoms with Crippen LogP contribution in [0.15, 0.2) is 48.7 Å². The van der Waals surface area contributed by atoms with Crippen LogP contribution in [0.5, 0.6) is 0 Å². The molecule has 1 N–H and O–H groups in total. The number of carbonyl (C=O) groups is 1. The molecule has 36 heavy (non-hydrogen) atoms. The summed E-state index contributed by atoms with van der Waals surface area (Å²) in [5.41, 5.74) is 1.34. The minimum Gasteiger partial charge on any atom is -0.380 e. The third-order valence-corrected chi connectivity index (χ3v) is 7.07. The van der Waals surface area contributed by atoms with Gasteiger partial charge in [0.2, 0.25) is 0 Å². The van der Waals surface area contributed by atoms with Gasteiger partial charge in [0.05, 0.1) is 45.2 Å². The lowest BCUT2D eigenvalue weighted by Crippen LogP contribution is -2.34. The zero-order valence-electron chi connectivity index (χ0n) is 19.4. The maximum Gasteiger partial charge on any atom is 0.324 e. The van der Waals surface area contributed by atoms with E-state index in [4.69, 9.17) is 9.72 Å². The predicted octanol–water partition coefficient (Wildman–Crippen LogP) is 4.79. The van der Waals surface area contributed by atoms with E-state index in [0.717, 1.165) is 30.7 Å². The van der Waals surface area contributed by atoms with E-state index < -0.39 is 10.8 Å². The highest BCUT2D eigenvalue weighted by Gasteiger charge is 2.28. The fourth-order valence-electron chi connectivity index (χ4n) is 4.32. The summed E-state index contributed by atoms with van der Waals surface area (Å²) < 4.78 is 20.9. The molecule has 1 aromatic carbocycles. The Morgan fingerprint density at radius 3 is 2.83 bits per heavy atom. The van der Waals surface area contributed by atoms with Crippen molar-refractivity contribution in [2.45, 2.75) is 25.8 Å². The van der Waals surface area contributed by atoms with E-state index in [2.05, 4.69) is 15.3 Å². The smallest absolute Gasteiger partial charge is 0.324 e. The van der Waals surface area contributed by atoms with Crippen molar-refractivity contribution in [2.24, 2.45) is 0 Å². The van der Waals surface area contributed by atoms with Gasteiger partial charge in [-0.1, -0.05) is 11.3 Å². The fraction of sp³-hybridized carbons (Fsp3) is 0.292. The summed E-state index contributed by atoms with van der Waals surface area (Å²) in [6, 6.07) is 10.7. The number of hydrogen-bond acceptors (Lipinski definition) is 8. The van der Waals surface area contributed by atoms with Gasteiger partial charge in [-0.3, -0.25) is 14.9 Å². The fourth-order valence-corrected chi connectivity index (χ4v) is 5.04. The summed E-state index contributed by atoms with van der Waals surface area (Å²) in [5, 5.41) is 18.8. The highest BCUT2D eigenvalue weighted by atomic mass is 32.1. The molecule has 1 saturated heterocycles. The Hall–Kier alpha value is -3.90. The largest absolute Gasteiger partial charge is 0.380 e. The second-order valence-electron chi connectivity index (χ2n) is 8.29. The summed E-state index contributed by atoms with van der Waals surface area (Å²) >= 11 is 0.794. The first-order valence-electron chi connectivity index (χ1n) is 11.5. The van der Waals surface area contributed by atoms with Gasteiger partial charge in [0.15, 0.2) is 0 Å². The first kappa shape index (κ1) is 23.8. The van der Waals surface area contributed by atoms with Gasteiger partial charge >= 0.3 is 5.00 Å². The van der Waals surface area contributed by atoms with E-state index in [0.29, 0.717) is 41.4 Å². The molecule has 0 spiro atoms. The number of rotatable bonds is 8. The van der Waals surface area contributed by atoms with E-state index in [1.54, 1.807) is 23.0 Å². The van der Waals surface area contributed by atoms with E-state index in [1.807, 2.05) is 13.0 Å². The molecular formula is C24H23FN6O4S. The third-order valence-electron chi connectivity index (χ3n) is 6.04. The number of nitrogens with zero attached hydrogens (tertiary/aromatic N) is 5. The van der Waals surface area contributed by atoms with Crippen LogP contribution in [0.3, 0.4) is 0 Å². The van der Waals surface area contributed by atoms with Gasteiger partial charge in [-0.2, -0.15) is 5.10 Å². The van der Waals surface area contributed by atoms with Crippen molar-refractivity contribution in [3.05, 3.63) is 69.5 Å². The Kier molecular flexibility index (Phi) is 6.61. The molecule has 0 radical (unpaired) electrons. The van der Waals surface area contributed by atoms with Crippen LogP contribution < -0.4 is 10.2 Å². The molecule has 1 atom stereocenters. The molecule has 10 nitrogen and oxygen atoms in total. The molecule has 1 unspecified atom stereocenters. The van der Waals surface area contributed by atoms with Gasteiger partial charge in [0.1, 0.15) is 17.5 Å². The van der Waals surface area contributed by atoms with Crippen LogP contribution in [-0.4, -0.2) is 51.4 Å². The van der Waals surface area contributed by atoms with Gasteiger partial charge in [-0.15, -0.1) is 0 Å². The van der Waals surface area contributed by atoms with Gasteiger partial charge in [-0.05, 0) is 50.1 Å². The van der Waals surface area contributed by atoms with Gasteiger partial charge in [0, 0.05) is 25.3 Å². The first-order chi connectivity index (χ1) is 17.4. The average molecular weight is 511 g/mol. The predicted molar refractivity (Wildman–Crippen MR) is 135 cm³/mol. The lowest BCUT2D eigenvalue weighted by Gasteiger charge is -2.26. The van der Waals surface area contributed by atoms with Crippen LogP contribution in [0.4, 0.5) is 21.0 Å². The molecular weight excluding hydrogens is 487 g/mol. The van der Waals surface area contributed by atoms with Gasteiger partial charge < -0.3 is 15.0 Å². The van der Waals surface area contributed by atoms with Crippen molar-refractivity contribution in [1.82, 2.24) is 14.8 Å². The molecule has 1 aliphatic heterocycles. The number of ether oxygens (including phenoxy) is 1. The van der Waals surface area contributed by atoms with Crippen LogP contribution in [0.1, 0.15) is 29.4 Å². The Labute approximate surface area is 209 Å². The van der Waals surface area contributed by atoms with Gasteiger partial charge in [-0.25, -0.2) is 14.1 Å². The number of nitro groups is 1. The summed E-state index contributed by atoms with van der Waals surface area (Å²) in [7, 11) is 0. The number of fused-ring (bicyclic) bond motifs is 1. The van der Waals surface area contributed by atoms with Crippen LogP contribution in [-0.2, 0) is 4.74 Å². The first-order valence-corrected chi connectivity index (χ1v) is 12.3. The highest BCUT2D eigenvalue weighted by Crippen LogP contribution is 2.33. The molecule has 1 amide bonds. The lowest BCUT2D eigenvalue weighted by atomic mass is 10.2. The molecule has 0 bridgehead atoms. The second kappa shape index (κ2) is 9.99. The zero-order chi connectivity index (χ0) is 25.2. The van der Waals surface area contributed by atoms with Crippen molar-refractivity contribution in [3.63, 3.8) is 0 Å². The SMILES string of the molecule is CCOCC1CCCN1c1cc2c(cnn2-c2ccc(F)cc2)c(NC(=O)c2ccc([N+](=O)[O-])s2)n1. The Balaban J connectivity index is 1.57. The maximum absolute atomic E-state index is 13.5. The number of pyridine rings is 1. The van der Waals surface area contributed by atoms with Crippen molar-refractivity contribution in [1.29, 1.82) is 0 Å². The number of halogens is 1. The Morgan fingerprint density at radius 1 is 1.31 bits per heavy atom. The van der Waals surface area contributed by atoms with Gasteiger partial charge in [0.25, 0.3) is 5.91 Å². The summed E-state index contributed by atoms with van der Waals surface area (Å²) in [4.78, 5) is 30.6. The number of thiophene rings is 1. The molecule has 12 heteroatoms. The number of amides is 1. The Morgan fingerprint density at radius 2 is 2.11 bits per heavy atom. The minimum absolute atomic E-state index is 0.119.